The number of benzene rings is 1. The summed E-state index contributed by atoms with van der Waals surface area (Å²) < 4.78 is 12.9. The number of anilines is 1. The molecule has 2 N–H and O–H groups in total. The molecule has 2 aliphatic rings. The van der Waals surface area contributed by atoms with Gasteiger partial charge in [-0.25, -0.2) is 9.38 Å². The van der Waals surface area contributed by atoms with Gasteiger partial charge in [-0.15, -0.1) is 0 Å². The first-order valence-electron chi connectivity index (χ1n) is 7.81. The van der Waals surface area contributed by atoms with E-state index in [1.807, 2.05) is 4.90 Å². The third-order valence-corrected chi connectivity index (χ3v) is 3.98. The van der Waals surface area contributed by atoms with E-state index < -0.39 is 6.04 Å². The fourth-order valence-corrected chi connectivity index (χ4v) is 2.75. The van der Waals surface area contributed by atoms with Crippen LogP contribution in [-0.2, 0) is 9.59 Å². The van der Waals surface area contributed by atoms with Crippen molar-refractivity contribution in [2.45, 2.75) is 31.7 Å². The second-order valence-corrected chi connectivity index (χ2v) is 5.76. The highest BCUT2D eigenvalue weighted by Crippen LogP contribution is 2.15. The highest BCUT2D eigenvalue weighted by Gasteiger charge is 2.29. The number of likely N-dealkylation sites (tertiary alicyclic amines) is 1. The van der Waals surface area contributed by atoms with Crippen LogP contribution >= 0.6 is 0 Å². The number of guanidine groups is 1. The Morgan fingerprint density at radius 2 is 1.91 bits per heavy atom. The number of hydrogen-bond acceptors (Lipinski definition) is 4. The molecular weight excluding hydrogens is 299 g/mol. The van der Waals surface area contributed by atoms with Crippen LogP contribution in [0.1, 0.15) is 25.7 Å². The first-order chi connectivity index (χ1) is 11.1. The maximum Gasteiger partial charge on any atom is 0.249 e. The Bertz CT molecular complexity index is 623. The van der Waals surface area contributed by atoms with Gasteiger partial charge in [0.15, 0.2) is 0 Å². The Labute approximate surface area is 133 Å². The zero-order valence-corrected chi connectivity index (χ0v) is 12.7. The van der Waals surface area contributed by atoms with E-state index in [2.05, 4.69) is 15.6 Å². The quantitative estimate of drug-likeness (QED) is 0.868. The van der Waals surface area contributed by atoms with Gasteiger partial charge in [-0.05, 0) is 43.5 Å². The van der Waals surface area contributed by atoms with E-state index in [-0.39, 0.29) is 24.1 Å². The molecule has 0 spiro atoms. The van der Waals surface area contributed by atoms with Crippen molar-refractivity contribution in [3.05, 3.63) is 30.1 Å². The lowest BCUT2D eigenvalue weighted by molar-refractivity contribution is -0.125. The predicted molar refractivity (Wildman–Crippen MR) is 84.4 cm³/mol. The van der Waals surface area contributed by atoms with Gasteiger partial charge < -0.3 is 10.2 Å². The number of carbonyl (C=O) groups excluding carboxylic acids is 2. The number of amides is 2. The molecule has 2 aliphatic heterocycles. The molecule has 0 aliphatic carbocycles. The summed E-state index contributed by atoms with van der Waals surface area (Å²) in [6.45, 7) is 1.68. The molecule has 1 aromatic carbocycles. The average molecular weight is 318 g/mol. The van der Waals surface area contributed by atoms with Crippen molar-refractivity contribution in [3.63, 3.8) is 0 Å². The maximum absolute atomic E-state index is 12.9. The lowest BCUT2D eigenvalue weighted by Gasteiger charge is -2.32. The minimum atomic E-state index is -0.759. The van der Waals surface area contributed by atoms with Gasteiger partial charge in [0.2, 0.25) is 17.8 Å². The van der Waals surface area contributed by atoms with Crippen LogP contribution in [0.5, 0.6) is 0 Å². The molecule has 2 amide bonds. The summed E-state index contributed by atoms with van der Waals surface area (Å²) in [4.78, 5) is 30.6. The molecule has 0 bridgehead atoms. The van der Waals surface area contributed by atoms with Crippen molar-refractivity contribution >= 4 is 23.5 Å². The summed E-state index contributed by atoms with van der Waals surface area (Å²) in [5.41, 5.74) is 0.483. The maximum atomic E-state index is 12.9. The van der Waals surface area contributed by atoms with Crippen molar-refractivity contribution in [1.82, 2.24) is 10.2 Å². The standard InChI is InChI=1S/C16H19FN4O2/c17-11-4-6-12(7-5-11)18-15(23)13-10-14(22)20-16(19-13)21-8-2-1-3-9-21/h4-7,13H,1-3,8-10H2,(H,18,23)(H,19,20,22)/t13-/m1/s1. The van der Waals surface area contributed by atoms with Crippen molar-refractivity contribution in [1.29, 1.82) is 0 Å². The van der Waals surface area contributed by atoms with Crippen LogP contribution in [0.3, 0.4) is 0 Å². The van der Waals surface area contributed by atoms with Crippen LogP contribution < -0.4 is 10.6 Å². The summed E-state index contributed by atoms with van der Waals surface area (Å²) in [7, 11) is 0. The van der Waals surface area contributed by atoms with Gasteiger partial charge >= 0.3 is 0 Å². The van der Waals surface area contributed by atoms with E-state index >= 15 is 0 Å². The molecular formula is C16H19FN4O2. The highest BCUT2D eigenvalue weighted by atomic mass is 19.1. The minimum absolute atomic E-state index is 0.0182. The number of carbonyl (C=O) groups is 2. The summed E-state index contributed by atoms with van der Waals surface area (Å²) >= 11 is 0. The molecule has 1 atom stereocenters. The van der Waals surface area contributed by atoms with E-state index in [1.165, 1.54) is 30.7 Å². The zero-order valence-electron chi connectivity index (χ0n) is 12.7. The Morgan fingerprint density at radius 3 is 2.61 bits per heavy atom. The molecule has 1 aromatic rings. The van der Waals surface area contributed by atoms with E-state index in [1.54, 1.807) is 0 Å². The van der Waals surface area contributed by atoms with Crippen molar-refractivity contribution in [2.24, 2.45) is 4.99 Å². The van der Waals surface area contributed by atoms with Crippen molar-refractivity contribution in [2.75, 3.05) is 18.4 Å². The largest absolute Gasteiger partial charge is 0.343 e. The second kappa shape index (κ2) is 6.76. The number of nitrogens with zero attached hydrogens (tertiary/aromatic N) is 2. The molecule has 0 radical (unpaired) electrons. The molecule has 0 saturated carbocycles. The second-order valence-electron chi connectivity index (χ2n) is 5.76. The molecule has 0 aromatic heterocycles. The Balaban J connectivity index is 1.70. The lowest BCUT2D eigenvalue weighted by Crippen LogP contribution is -2.51. The van der Waals surface area contributed by atoms with Crippen LogP contribution in [0.25, 0.3) is 0 Å². The van der Waals surface area contributed by atoms with Gasteiger partial charge in [0.25, 0.3) is 0 Å². The first kappa shape index (κ1) is 15.5. The number of nitrogens with one attached hydrogen (secondary N) is 2. The highest BCUT2D eigenvalue weighted by molar-refractivity contribution is 6.05. The summed E-state index contributed by atoms with van der Waals surface area (Å²) in [5, 5.41) is 5.42. The zero-order chi connectivity index (χ0) is 16.2. The smallest absolute Gasteiger partial charge is 0.249 e. The summed E-state index contributed by atoms with van der Waals surface area (Å²) in [6, 6.07) is 4.74. The molecule has 122 valence electrons. The van der Waals surface area contributed by atoms with E-state index in [0.29, 0.717) is 11.6 Å². The number of halogens is 1. The molecule has 3 rings (SSSR count). The SMILES string of the molecule is O=C1C[C@H](C(=O)Nc2ccc(F)cc2)N=C(N2CCCCC2)N1. The van der Waals surface area contributed by atoms with Crippen LogP contribution in [0.15, 0.2) is 29.3 Å². The van der Waals surface area contributed by atoms with E-state index in [4.69, 9.17) is 0 Å². The number of piperidine rings is 1. The van der Waals surface area contributed by atoms with E-state index in [0.717, 1.165) is 25.9 Å². The average Bonchev–Trinajstić information content (AvgIpc) is 2.57. The number of hydrogen-bond donors (Lipinski definition) is 2. The van der Waals surface area contributed by atoms with Crippen LogP contribution in [-0.4, -0.2) is 41.8 Å². The molecule has 0 unspecified atom stereocenters. The molecule has 7 heteroatoms. The summed E-state index contributed by atoms with van der Waals surface area (Å²) in [5.74, 6) is -0.452. The minimum Gasteiger partial charge on any atom is -0.343 e. The first-order valence-corrected chi connectivity index (χ1v) is 7.81. The number of rotatable bonds is 2. The molecule has 6 nitrogen and oxygen atoms in total. The van der Waals surface area contributed by atoms with Gasteiger partial charge in [0, 0.05) is 18.8 Å². The predicted octanol–water partition coefficient (Wildman–Crippen LogP) is 1.49. The Hall–Kier alpha value is -2.44. The van der Waals surface area contributed by atoms with Gasteiger partial charge in [0.05, 0.1) is 6.42 Å². The van der Waals surface area contributed by atoms with Crippen LogP contribution in [0.2, 0.25) is 0 Å². The van der Waals surface area contributed by atoms with Gasteiger partial charge in [-0.3, -0.25) is 14.9 Å². The third kappa shape index (κ3) is 3.85. The van der Waals surface area contributed by atoms with E-state index in [9.17, 15) is 14.0 Å². The normalized spacial score (nSPS) is 21.4. The molecule has 1 saturated heterocycles. The van der Waals surface area contributed by atoms with Gasteiger partial charge in [-0.1, -0.05) is 0 Å². The van der Waals surface area contributed by atoms with Gasteiger partial charge in [0.1, 0.15) is 11.9 Å². The Morgan fingerprint density at radius 1 is 1.22 bits per heavy atom. The van der Waals surface area contributed by atoms with Crippen molar-refractivity contribution in [3.8, 4) is 0 Å². The molecule has 1 fully saturated rings. The summed E-state index contributed by atoms with van der Waals surface area (Å²) in [6.07, 6.45) is 3.30. The topological polar surface area (TPSA) is 73.8 Å². The molecule has 2 heterocycles. The fraction of sp³-hybridized carbons (Fsp3) is 0.438. The molecule has 23 heavy (non-hydrogen) atoms. The van der Waals surface area contributed by atoms with Crippen molar-refractivity contribution < 1.29 is 14.0 Å². The fourth-order valence-electron chi connectivity index (χ4n) is 2.75. The Kier molecular flexibility index (Phi) is 4.55. The monoisotopic (exact) mass is 318 g/mol. The van der Waals surface area contributed by atoms with Gasteiger partial charge in [-0.2, -0.15) is 0 Å². The van der Waals surface area contributed by atoms with Crippen LogP contribution in [0, 0.1) is 5.82 Å². The third-order valence-electron chi connectivity index (χ3n) is 3.98. The number of aliphatic imine (C=N–C) groups is 1. The van der Waals surface area contributed by atoms with Crippen LogP contribution in [0.4, 0.5) is 10.1 Å². The lowest BCUT2D eigenvalue weighted by atomic mass is 10.1.